The van der Waals surface area contributed by atoms with Gasteiger partial charge in [-0.15, -0.1) is 0 Å². The number of nitrogens with one attached hydrogen (secondary N) is 2. The van der Waals surface area contributed by atoms with Gasteiger partial charge in [-0.1, -0.05) is 12.1 Å². The maximum atomic E-state index is 12.4. The van der Waals surface area contributed by atoms with Crippen LogP contribution in [0.5, 0.6) is 5.75 Å². The Bertz CT molecular complexity index is 951. The van der Waals surface area contributed by atoms with E-state index in [4.69, 9.17) is 4.74 Å². The fourth-order valence-corrected chi connectivity index (χ4v) is 4.50. The Balaban J connectivity index is 1.47. The Kier molecular flexibility index (Phi) is 7.79. The lowest BCUT2D eigenvalue weighted by Crippen LogP contribution is -2.32. The Morgan fingerprint density at radius 1 is 1.00 bits per heavy atom. The van der Waals surface area contributed by atoms with E-state index in [-0.39, 0.29) is 12.6 Å². The van der Waals surface area contributed by atoms with Crippen molar-refractivity contribution in [1.29, 1.82) is 0 Å². The first-order chi connectivity index (χ1) is 14.8. The van der Waals surface area contributed by atoms with Crippen molar-refractivity contribution >= 4 is 27.3 Å². The number of piperidine rings is 1. The molecule has 1 aliphatic rings. The normalized spacial score (nSPS) is 14.4. The molecule has 0 spiro atoms. The molecule has 1 saturated heterocycles. The molecule has 1 amide bonds. The molecule has 0 unspecified atom stereocenters. The molecule has 8 heteroatoms. The van der Waals surface area contributed by atoms with E-state index in [1.54, 1.807) is 12.1 Å². The number of sulfonamides is 1. The van der Waals surface area contributed by atoms with Crippen molar-refractivity contribution in [2.45, 2.75) is 45.8 Å². The maximum absolute atomic E-state index is 12.4. The van der Waals surface area contributed by atoms with E-state index in [1.807, 2.05) is 50.2 Å². The number of anilines is 2. The smallest absolute Gasteiger partial charge is 0.241 e. The van der Waals surface area contributed by atoms with Crippen molar-refractivity contribution in [3.63, 3.8) is 0 Å². The average Bonchev–Trinajstić information content (AvgIpc) is 2.73. The van der Waals surface area contributed by atoms with Gasteiger partial charge in [-0.25, -0.2) is 8.42 Å². The molecule has 31 heavy (non-hydrogen) atoms. The summed E-state index contributed by atoms with van der Waals surface area (Å²) in [5.41, 5.74) is 2.41. The molecule has 0 aliphatic carbocycles. The van der Waals surface area contributed by atoms with E-state index < -0.39 is 21.7 Å². The third-order valence-electron chi connectivity index (χ3n) is 4.97. The lowest BCUT2D eigenvalue weighted by atomic mass is 10.1. The van der Waals surface area contributed by atoms with Crippen LogP contribution in [0.25, 0.3) is 0 Å². The van der Waals surface area contributed by atoms with Gasteiger partial charge in [0.2, 0.25) is 15.9 Å². The molecule has 0 saturated carbocycles. The van der Waals surface area contributed by atoms with Crippen LogP contribution in [0.15, 0.2) is 48.5 Å². The second kappa shape index (κ2) is 10.5. The third kappa shape index (κ3) is 7.47. The highest BCUT2D eigenvalue weighted by molar-refractivity contribution is 7.93. The molecule has 0 bridgehead atoms. The molecular weight excluding hydrogens is 414 g/mol. The zero-order valence-electron chi connectivity index (χ0n) is 18.1. The fourth-order valence-electron chi connectivity index (χ4n) is 3.49. The quantitative estimate of drug-likeness (QED) is 0.617. The molecule has 2 aromatic carbocycles. The maximum Gasteiger partial charge on any atom is 0.241 e. The van der Waals surface area contributed by atoms with E-state index in [9.17, 15) is 13.2 Å². The Labute approximate surface area is 184 Å². The van der Waals surface area contributed by atoms with Crippen molar-refractivity contribution in [2.24, 2.45) is 0 Å². The average molecular weight is 446 g/mol. The van der Waals surface area contributed by atoms with Crippen LogP contribution in [0.1, 0.15) is 38.7 Å². The molecule has 168 valence electrons. The van der Waals surface area contributed by atoms with Crippen molar-refractivity contribution < 1.29 is 17.9 Å². The molecule has 0 atom stereocenters. The largest absolute Gasteiger partial charge is 0.491 e. The summed E-state index contributed by atoms with van der Waals surface area (Å²) in [7, 11) is -3.79. The third-order valence-corrected chi connectivity index (χ3v) is 6.16. The van der Waals surface area contributed by atoms with Crippen LogP contribution in [-0.2, 0) is 21.4 Å². The van der Waals surface area contributed by atoms with Crippen LogP contribution in [0.2, 0.25) is 0 Å². The number of hydrogen-bond acceptors (Lipinski definition) is 5. The van der Waals surface area contributed by atoms with Gasteiger partial charge in [-0.05, 0) is 75.1 Å². The zero-order chi connectivity index (χ0) is 22.3. The lowest BCUT2D eigenvalue weighted by molar-refractivity contribution is -0.118. The minimum atomic E-state index is -3.79. The molecule has 2 N–H and O–H groups in total. The van der Waals surface area contributed by atoms with Gasteiger partial charge in [0.25, 0.3) is 0 Å². The number of benzene rings is 2. The highest BCUT2D eigenvalue weighted by Crippen LogP contribution is 2.22. The second-order valence-electron chi connectivity index (χ2n) is 8.04. The molecule has 0 radical (unpaired) electrons. The summed E-state index contributed by atoms with van der Waals surface area (Å²) < 4.78 is 32.8. The SMILES string of the molecule is CC(C)Oc1ccc(CNC(=O)CS(=O)(=O)Nc2ccc(N3CCCCC3)cc2)cc1. The highest BCUT2D eigenvalue weighted by atomic mass is 32.2. The number of nitrogens with zero attached hydrogens (tertiary/aromatic N) is 1. The van der Waals surface area contributed by atoms with Gasteiger partial charge in [0.05, 0.1) is 6.10 Å². The van der Waals surface area contributed by atoms with Gasteiger partial charge >= 0.3 is 0 Å². The lowest BCUT2D eigenvalue weighted by Gasteiger charge is -2.28. The number of rotatable bonds is 9. The van der Waals surface area contributed by atoms with Crippen LogP contribution in [0.3, 0.4) is 0 Å². The summed E-state index contributed by atoms with van der Waals surface area (Å²) in [4.78, 5) is 14.4. The van der Waals surface area contributed by atoms with Crippen LogP contribution < -0.4 is 19.7 Å². The van der Waals surface area contributed by atoms with E-state index in [0.717, 1.165) is 30.1 Å². The van der Waals surface area contributed by atoms with Crippen LogP contribution >= 0.6 is 0 Å². The van der Waals surface area contributed by atoms with Gasteiger partial charge in [0, 0.05) is 31.0 Å². The van der Waals surface area contributed by atoms with Crippen LogP contribution in [0.4, 0.5) is 11.4 Å². The first-order valence-corrected chi connectivity index (χ1v) is 12.3. The Morgan fingerprint density at radius 3 is 2.26 bits per heavy atom. The Hall–Kier alpha value is -2.74. The summed E-state index contributed by atoms with van der Waals surface area (Å²) in [5.74, 6) is -0.432. The van der Waals surface area contributed by atoms with Gasteiger partial charge in [0.1, 0.15) is 11.5 Å². The molecule has 0 aromatic heterocycles. The minimum Gasteiger partial charge on any atom is -0.491 e. The predicted molar refractivity (Wildman–Crippen MR) is 124 cm³/mol. The van der Waals surface area contributed by atoms with Crippen molar-refractivity contribution in [3.8, 4) is 5.75 Å². The summed E-state index contributed by atoms with van der Waals surface area (Å²) in [6.07, 6.45) is 3.71. The second-order valence-corrected chi connectivity index (χ2v) is 9.77. The summed E-state index contributed by atoms with van der Waals surface area (Å²) in [5, 5.41) is 2.65. The fraction of sp³-hybridized carbons (Fsp3) is 0.435. The number of amides is 1. The predicted octanol–water partition coefficient (Wildman–Crippen LogP) is 3.52. The minimum absolute atomic E-state index is 0.0873. The topological polar surface area (TPSA) is 87.7 Å². The van der Waals surface area contributed by atoms with E-state index in [1.165, 1.54) is 19.3 Å². The summed E-state index contributed by atoms with van der Waals surface area (Å²) in [6, 6.07) is 14.6. The molecule has 1 aliphatic heterocycles. The summed E-state index contributed by atoms with van der Waals surface area (Å²) in [6.45, 7) is 6.20. The summed E-state index contributed by atoms with van der Waals surface area (Å²) >= 11 is 0. The van der Waals surface area contributed by atoms with Gasteiger partial charge in [-0.3, -0.25) is 9.52 Å². The molecule has 7 nitrogen and oxygen atoms in total. The van der Waals surface area contributed by atoms with Crippen molar-refractivity contribution in [2.75, 3.05) is 28.5 Å². The number of carbonyl (C=O) groups excluding carboxylic acids is 1. The van der Waals surface area contributed by atoms with Crippen molar-refractivity contribution in [1.82, 2.24) is 5.32 Å². The highest BCUT2D eigenvalue weighted by Gasteiger charge is 2.17. The number of ether oxygens (including phenoxy) is 1. The van der Waals surface area contributed by atoms with Gasteiger partial charge < -0.3 is 15.0 Å². The van der Waals surface area contributed by atoms with E-state index in [0.29, 0.717) is 5.69 Å². The standard InChI is InChI=1S/C23H31N3O4S/c1-18(2)30-22-12-6-19(7-13-22)16-24-23(27)17-31(28,29)25-20-8-10-21(11-9-20)26-14-4-3-5-15-26/h6-13,18,25H,3-5,14-17H2,1-2H3,(H,24,27). The molecule has 1 heterocycles. The molecule has 2 aromatic rings. The number of hydrogen-bond donors (Lipinski definition) is 2. The van der Waals surface area contributed by atoms with Crippen molar-refractivity contribution in [3.05, 3.63) is 54.1 Å². The first-order valence-electron chi connectivity index (χ1n) is 10.7. The molecular formula is C23H31N3O4S. The molecule has 1 fully saturated rings. The molecule has 3 rings (SSSR count). The zero-order valence-corrected chi connectivity index (χ0v) is 19.0. The monoisotopic (exact) mass is 445 g/mol. The number of carbonyl (C=O) groups is 1. The van der Waals surface area contributed by atoms with E-state index in [2.05, 4.69) is 14.9 Å². The first kappa shape index (κ1) is 22.9. The van der Waals surface area contributed by atoms with Gasteiger partial charge in [0.15, 0.2) is 0 Å². The van der Waals surface area contributed by atoms with Crippen LogP contribution in [-0.4, -0.2) is 39.3 Å². The van der Waals surface area contributed by atoms with E-state index >= 15 is 0 Å². The Morgan fingerprint density at radius 2 is 1.65 bits per heavy atom. The van der Waals surface area contributed by atoms with Crippen LogP contribution in [0, 0.1) is 0 Å². The van der Waals surface area contributed by atoms with Gasteiger partial charge in [-0.2, -0.15) is 0 Å².